The molecule has 230 valence electrons. The fraction of sp³-hybridized carbons (Fsp3) is 0.270. The molecule has 45 heavy (non-hydrogen) atoms. The van der Waals surface area contributed by atoms with E-state index in [1.165, 1.54) is 5.56 Å². The minimum absolute atomic E-state index is 0.259. The van der Waals surface area contributed by atoms with Gasteiger partial charge in [0.25, 0.3) is 0 Å². The number of thiazole rings is 1. The summed E-state index contributed by atoms with van der Waals surface area (Å²) in [6.45, 7) is 12.7. The van der Waals surface area contributed by atoms with Gasteiger partial charge in [-0.25, -0.2) is 9.78 Å². The van der Waals surface area contributed by atoms with E-state index >= 15 is 0 Å². The van der Waals surface area contributed by atoms with Gasteiger partial charge < -0.3 is 9.47 Å². The Morgan fingerprint density at radius 3 is 2.36 bits per heavy atom. The summed E-state index contributed by atoms with van der Waals surface area (Å²) < 4.78 is 15.0. The summed E-state index contributed by atoms with van der Waals surface area (Å²) >= 11 is 7.91. The molecule has 6 aromatic rings. The van der Waals surface area contributed by atoms with Crippen molar-refractivity contribution in [3.05, 3.63) is 106 Å². The minimum Gasteiger partial charge on any atom is -0.464 e. The van der Waals surface area contributed by atoms with Crippen LogP contribution in [0.3, 0.4) is 0 Å². The van der Waals surface area contributed by atoms with Gasteiger partial charge in [0.2, 0.25) is 0 Å². The second kappa shape index (κ2) is 12.4. The van der Waals surface area contributed by atoms with Crippen molar-refractivity contribution in [3.63, 3.8) is 0 Å². The van der Waals surface area contributed by atoms with Crippen molar-refractivity contribution in [1.29, 1.82) is 0 Å². The van der Waals surface area contributed by atoms with Crippen molar-refractivity contribution in [3.8, 4) is 21.7 Å². The van der Waals surface area contributed by atoms with Gasteiger partial charge in [-0.2, -0.15) is 5.10 Å². The van der Waals surface area contributed by atoms with Crippen molar-refractivity contribution in [2.24, 2.45) is 0 Å². The number of hydrogen-bond donors (Lipinski definition) is 0. The number of benzene rings is 4. The van der Waals surface area contributed by atoms with Crippen molar-refractivity contribution in [2.75, 3.05) is 6.61 Å². The minimum atomic E-state index is -0.917. The van der Waals surface area contributed by atoms with Crippen LogP contribution in [0.15, 0.2) is 78.9 Å². The number of fused-ring (bicyclic) bond motifs is 2. The van der Waals surface area contributed by atoms with Gasteiger partial charge in [0, 0.05) is 32.8 Å². The molecule has 0 amide bonds. The number of halogens is 1. The summed E-state index contributed by atoms with van der Waals surface area (Å²) in [4.78, 5) is 18.6. The third-order valence-electron chi connectivity index (χ3n) is 7.72. The number of carbonyl (C=O) groups is 1. The standard InChI is InChI=1S/C37H36ClN3O3S/c1-7-43-36(42)33(44-37(4,5)6)31-22(2)19-30-34(32(31)25-13-16-27(38)17-14-25)45-35(39-30)26-15-18-29-28(20-26)23(3)41(40-29)21-24-11-9-8-10-12-24/h8-20,33H,7,21H2,1-6H3. The van der Waals surface area contributed by atoms with Crippen molar-refractivity contribution < 1.29 is 14.3 Å². The van der Waals surface area contributed by atoms with Gasteiger partial charge in [-0.3, -0.25) is 4.68 Å². The van der Waals surface area contributed by atoms with E-state index in [0.717, 1.165) is 59.6 Å². The molecule has 8 heteroatoms. The van der Waals surface area contributed by atoms with Crippen LogP contribution in [0.25, 0.3) is 42.8 Å². The van der Waals surface area contributed by atoms with Crippen LogP contribution < -0.4 is 0 Å². The molecule has 0 saturated heterocycles. The molecule has 0 aliphatic carbocycles. The third kappa shape index (κ3) is 6.39. The fourth-order valence-corrected chi connectivity index (χ4v) is 6.92. The molecule has 0 radical (unpaired) electrons. The third-order valence-corrected chi connectivity index (χ3v) is 9.11. The Labute approximate surface area is 272 Å². The molecule has 6 nitrogen and oxygen atoms in total. The number of nitrogens with zero attached hydrogens (tertiary/aromatic N) is 3. The Morgan fingerprint density at radius 2 is 1.67 bits per heavy atom. The topological polar surface area (TPSA) is 66.2 Å². The molecule has 0 aliphatic heterocycles. The summed E-state index contributed by atoms with van der Waals surface area (Å²) in [5, 5.41) is 7.50. The molecule has 0 N–H and O–H groups in total. The second-order valence-electron chi connectivity index (χ2n) is 12.2. The van der Waals surface area contributed by atoms with Crippen LogP contribution in [0.1, 0.15) is 56.2 Å². The van der Waals surface area contributed by atoms with Crippen LogP contribution in [0.4, 0.5) is 0 Å². The number of ether oxygens (including phenoxy) is 2. The number of rotatable bonds is 8. The van der Waals surface area contributed by atoms with E-state index in [-0.39, 0.29) is 6.61 Å². The molecule has 2 heterocycles. The lowest BCUT2D eigenvalue weighted by Gasteiger charge is -2.29. The Hall–Kier alpha value is -4.04. The quantitative estimate of drug-likeness (QED) is 0.155. The lowest BCUT2D eigenvalue weighted by atomic mass is 9.91. The molecule has 0 spiro atoms. The van der Waals surface area contributed by atoms with Crippen LogP contribution in [0.2, 0.25) is 5.02 Å². The van der Waals surface area contributed by atoms with Gasteiger partial charge in [-0.1, -0.05) is 54.1 Å². The number of carbonyl (C=O) groups excluding carboxylic acids is 1. The van der Waals surface area contributed by atoms with Gasteiger partial charge in [0.1, 0.15) is 5.01 Å². The first kappa shape index (κ1) is 31.0. The van der Waals surface area contributed by atoms with Crippen LogP contribution in [-0.4, -0.2) is 32.9 Å². The highest BCUT2D eigenvalue weighted by Gasteiger charge is 2.33. The zero-order valence-electron chi connectivity index (χ0n) is 26.3. The summed E-state index contributed by atoms with van der Waals surface area (Å²) in [7, 11) is 0. The molecule has 2 aromatic heterocycles. The molecular formula is C37H36ClN3O3S. The molecule has 0 fully saturated rings. The van der Waals surface area contributed by atoms with Crippen LogP contribution in [0.5, 0.6) is 0 Å². The molecule has 0 saturated carbocycles. The van der Waals surface area contributed by atoms with E-state index in [2.05, 4.69) is 54.1 Å². The van der Waals surface area contributed by atoms with Crippen LogP contribution in [0, 0.1) is 13.8 Å². The van der Waals surface area contributed by atoms with Crippen molar-refractivity contribution in [2.45, 2.75) is 59.8 Å². The maximum atomic E-state index is 13.5. The van der Waals surface area contributed by atoms with Crippen LogP contribution in [-0.2, 0) is 20.8 Å². The SMILES string of the molecule is CCOC(=O)C(OC(C)(C)C)c1c(C)cc2nc(-c3ccc4nn(Cc5ccccc5)c(C)c4c3)sc2c1-c1ccc(Cl)cc1. The van der Waals surface area contributed by atoms with Crippen molar-refractivity contribution >= 4 is 50.0 Å². The van der Waals surface area contributed by atoms with Gasteiger partial charge in [-0.05, 0) is 94.6 Å². The number of aromatic nitrogens is 3. The Morgan fingerprint density at radius 1 is 0.956 bits per heavy atom. The monoisotopic (exact) mass is 637 g/mol. The Kier molecular flexibility index (Phi) is 8.53. The van der Waals surface area contributed by atoms with E-state index in [9.17, 15) is 4.79 Å². The molecule has 4 aromatic carbocycles. The van der Waals surface area contributed by atoms with Crippen LogP contribution >= 0.6 is 22.9 Å². The molecule has 1 unspecified atom stereocenters. The number of esters is 1. The average Bonchev–Trinajstić information content (AvgIpc) is 3.56. The van der Waals surface area contributed by atoms with E-state index < -0.39 is 17.7 Å². The highest BCUT2D eigenvalue weighted by atomic mass is 35.5. The summed E-state index contributed by atoms with van der Waals surface area (Å²) in [6, 6.07) is 26.4. The van der Waals surface area contributed by atoms with Gasteiger partial charge in [0.05, 0.1) is 34.5 Å². The Balaban J connectivity index is 1.51. The first-order chi connectivity index (χ1) is 21.5. The Bertz CT molecular complexity index is 2010. The smallest absolute Gasteiger partial charge is 0.339 e. The van der Waals surface area contributed by atoms with E-state index in [1.807, 2.05) is 71.0 Å². The zero-order chi connectivity index (χ0) is 31.9. The molecular weight excluding hydrogens is 602 g/mol. The summed E-state index contributed by atoms with van der Waals surface area (Å²) in [6.07, 6.45) is -0.917. The molecule has 0 bridgehead atoms. The number of hydrogen-bond acceptors (Lipinski definition) is 6. The van der Waals surface area contributed by atoms with E-state index in [1.54, 1.807) is 11.3 Å². The van der Waals surface area contributed by atoms with Gasteiger partial charge >= 0.3 is 5.97 Å². The van der Waals surface area contributed by atoms with Crippen molar-refractivity contribution in [1.82, 2.24) is 14.8 Å². The number of aryl methyl sites for hydroxylation is 2. The zero-order valence-corrected chi connectivity index (χ0v) is 27.9. The van der Waals surface area contributed by atoms with Gasteiger partial charge in [0.15, 0.2) is 6.10 Å². The second-order valence-corrected chi connectivity index (χ2v) is 13.6. The average molecular weight is 638 g/mol. The normalized spacial score (nSPS) is 12.6. The molecule has 1 atom stereocenters. The fourth-order valence-electron chi connectivity index (χ4n) is 5.67. The highest BCUT2D eigenvalue weighted by molar-refractivity contribution is 7.22. The lowest BCUT2D eigenvalue weighted by Crippen LogP contribution is -2.29. The van der Waals surface area contributed by atoms with E-state index in [0.29, 0.717) is 11.6 Å². The first-order valence-corrected chi connectivity index (χ1v) is 16.3. The summed E-state index contributed by atoms with van der Waals surface area (Å²) in [5.41, 5.74) is 8.06. The molecule has 6 rings (SSSR count). The first-order valence-electron chi connectivity index (χ1n) is 15.1. The summed E-state index contributed by atoms with van der Waals surface area (Å²) in [5.74, 6) is -0.414. The largest absolute Gasteiger partial charge is 0.464 e. The van der Waals surface area contributed by atoms with Gasteiger partial charge in [-0.15, -0.1) is 11.3 Å². The lowest BCUT2D eigenvalue weighted by molar-refractivity contribution is -0.166. The highest BCUT2D eigenvalue weighted by Crippen LogP contribution is 2.45. The predicted molar refractivity (Wildman–Crippen MR) is 184 cm³/mol. The van der Waals surface area contributed by atoms with E-state index in [4.69, 9.17) is 31.2 Å². The maximum Gasteiger partial charge on any atom is 0.339 e. The molecule has 0 aliphatic rings. The maximum absolute atomic E-state index is 13.5. The predicted octanol–water partition coefficient (Wildman–Crippen LogP) is 9.72.